The van der Waals surface area contributed by atoms with Gasteiger partial charge in [-0.05, 0) is 24.0 Å². The van der Waals surface area contributed by atoms with Crippen LogP contribution in [0.3, 0.4) is 0 Å². The topological polar surface area (TPSA) is 53.0 Å². The molecule has 2 rings (SSSR count). The fourth-order valence-corrected chi connectivity index (χ4v) is 3.22. The predicted molar refractivity (Wildman–Crippen MR) is 104 cm³/mol. The van der Waals surface area contributed by atoms with E-state index in [2.05, 4.69) is 18.7 Å². The molecule has 2 unspecified atom stereocenters. The van der Waals surface area contributed by atoms with Crippen LogP contribution in [0.15, 0.2) is 30.3 Å². The van der Waals surface area contributed by atoms with Gasteiger partial charge in [0, 0.05) is 38.3 Å². The van der Waals surface area contributed by atoms with E-state index in [-0.39, 0.29) is 24.0 Å². The van der Waals surface area contributed by atoms with Gasteiger partial charge in [-0.2, -0.15) is 0 Å². The van der Waals surface area contributed by atoms with Gasteiger partial charge in [0.1, 0.15) is 0 Å². The Morgan fingerprint density at radius 1 is 1.27 bits per heavy atom. The first-order chi connectivity index (χ1) is 12.4. The van der Waals surface area contributed by atoms with E-state index in [1.165, 1.54) is 0 Å². The summed E-state index contributed by atoms with van der Waals surface area (Å²) < 4.78 is 5.93. The zero-order valence-corrected chi connectivity index (χ0v) is 16.6. The van der Waals surface area contributed by atoms with E-state index in [0.717, 1.165) is 18.7 Å². The Morgan fingerprint density at radius 3 is 2.58 bits per heavy atom. The van der Waals surface area contributed by atoms with Crippen molar-refractivity contribution in [3.63, 3.8) is 0 Å². The lowest BCUT2D eigenvalue weighted by molar-refractivity contribution is -0.0547. The molecular weight excluding hydrogens is 328 g/mol. The summed E-state index contributed by atoms with van der Waals surface area (Å²) in [7, 11) is 0. The summed E-state index contributed by atoms with van der Waals surface area (Å²) in [5.41, 5.74) is 0.719. The summed E-state index contributed by atoms with van der Waals surface area (Å²) in [6.07, 6.45) is -0.346. The van der Waals surface area contributed by atoms with E-state index < -0.39 is 0 Å². The van der Waals surface area contributed by atoms with Gasteiger partial charge in [0.15, 0.2) is 0 Å². The molecule has 26 heavy (non-hydrogen) atoms. The number of carbonyl (C=O) groups is 1. The zero-order chi connectivity index (χ0) is 19.1. The molecule has 1 amide bonds. The minimum atomic E-state index is -0.327. The third-order valence-corrected chi connectivity index (χ3v) is 4.76. The third kappa shape index (κ3) is 6.38. The van der Waals surface area contributed by atoms with Gasteiger partial charge in [-0.25, -0.2) is 0 Å². The number of carbonyl (C=O) groups excluding carboxylic acids is 1. The van der Waals surface area contributed by atoms with Crippen molar-refractivity contribution >= 4 is 5.91 Å². The third-order valence-electron chi connectivity index (χ3n) is 4.76. The van der Waals surface area contributed by atoms with Crippen molar-refractivity contribution in [2.45, 2.75) is 39.9 Å². The number of aliphatic hydroxyl groups is 1. The van der Waals surface area contributed by atoms with Gasteiger partial charge in [-0.1, -0.05) is 45.9 Å². The Hall–Kier alpha value is -1.43. The highest BCUT2D eigenvalue weighted by Gasteiger charge is 2.27. The van der Waals surface area contributed by atoms with Crippen LogP contribution in [-0.2, 0) is 4.74 Å². The van der Waals surface area contributed by atoms with Gasteiger partial charge in [-0.15, -0.1) is 0 Å². The van der Waals surface area contributed by atoms with E-state index in [1.807, 2.05) is 49.1 Å². The molecule has 1 N–H and O–H groups in total. The molecule has 1 saturated heterocycles. The Morgan fingerprint density at radius 2 is 1.96 bits per heavy atom. The van der Waals surface area contributed by atoms with Crippen LogP contribution < -0.4 is 0 Å². The van der Waals surface area contributed by atoms with Crippen LogP contribution in [0.4, 0.5) is 0 Å². The summed E-state index contributed by atoms with van der Waals surface area (Å²) in [5.74, 6) is 0.695. The maximum atomic E-state index is 12.9. The second-order valence-electron chi connectivity index (χ2n) is 8.03. The molecule has 5 nitrogen and oxygen atoms in total. The molecule has 0 bridgehead atoms. The maximum absolute atomic E-state index is 12.9. The number of aliphatic hydroxyl groups excluding tert-OH is 1. The SMILES string of the molecule is CC(C)CN(CC1CN(CC(O)C(C)C)CCO1)C(=O)c1ccccc1. The van der Waals surface area contributed by atoms with Crippen LogP contribution in [-0.4, -0.2) is 72.4 Å². The number of nitrogens with zero attached hydrogens (tertiary/aromatic N) is 2. The van der Waals surface area contributed by atoms with Crippen molar-refractivity contribution < 1.29 is 14.6 Å². The average molecular weight is 363 g/mol. The van der Waals surface area contributed by atoms with E-state index in [0.29, 0.717) is 32.2 Å². The lowest BCUT2D eigenvalue weighted by atomic mass is 10.1. The largest absolute Gasteiger partial charge is 0.392 e. The Balaban J connectivity index is 1.99. The number of hydrogen-bond donors (Lipinski definition) is 1. The molecule has 0 saturated carbocycles. The van der Waals surface area contributed by atoms with Crippen LogP contribution in [0, 0.1) is 11.8 Å². The summed E-state index contributed by atoms with van der Waals surface area (Å²) in [5, 5.41) is 10.2. The molecule has 0 radical (unpaired) electrons. The Kier molecular flexibility index (Phi) is 8.07. The van der Waals surface area contributed by atoms with Gasteiger partial charge in [-0.3, -0.25) is 9.69 Å². The fraction of sp³-hybridized carbons (Fsp3) is 0.667. The van der Waals surface area contributed by atoms with E-state index in [1.54, 1.807) is 0 Å². The first-order valence-electron chi connectivity index (χ1n) is 9.73. The monoisotopic (exact) mass is 362 g/mol. The fourth-order valence-electron chi connectivity index (χ4n) is 3.22. The number of ether oxygens (including phenoxy) is 1. The Labute approximate surface area is 157 Å². The standard InChI is InChI=1S/C21H34N2O3/c1-16(2)12-23(21(25)18-8-6-5-7-9-18)14-19-13-22(10-11-26-19)15-20(24)17(3)4/h5-9,16-17,19-20,24H,10-15H2,1-4H3. The summed E-state index contributed by atoms with van der Waals surface area (Å²) >= 11 is 0. The van der Waals surface area contributed by atoms with Crippen LogP contribution in [0.2, 0.25) is 0 Å². The molecule has 5 heteroatoms. The highest BCUT2D eigenvalue weighted by atomic mass is 16.5. The lowest BCUT2D eigenvalue weighted by Crippen LogP contribution is -2.51. The molecule has 1 aliphatic heterocycles. The molecule has 0 aliphatic carbocycles. The number of rotatable bonds is 8. The summed E-state index contributed by atoms with van der Waals surface area (Å²) in [6, 6.07) is 9.44. The molecule has 146 valence electrons. The molecule has 0 aromatic heterocycles. The van der Waals surface area contributed by atoms with Crippen molar-refractivity contribution in [2.75, 3.05) is 39.3 Å². The smallest absolute Gasteiger partial charge is 0.253 e. The maximum Gasteiger partial charge on any atom is 0.253 e. The number of amides is 1. The van der Waals surface area contributed by atoms with Gasteiger partial charge < -0.3 is 14.7 Å². The second-order valence-corrected chi connectivity index (χ2v) is 8.03. The van der Waals surface area contributed by atoms with E-state index >= 15 is 0 Å². The first-order valence-corrected chi connectivity index (χ1v) is 9.73. The van der Waals surface area contributed by atoms with Gasteiger partial charge >= 0.3 is 0 Å². The second kappa shape index (κ2) is 10.0. The average Bonchev–Trinajstić information content (AvgIpc) is 2.61. The van der Waals surface area contributed by atoms with Gasteiger partial charge in [0.05, 0.1) is 18.8 Å². The number of morpholine rings is 1. The summed E-state index contributed by atoms with van der Waals surface area (Å²) in [6.45, 7) is 12.5. The number of benzene rings is 1. The van der Waals surface area contributed by atoms with Crippen LogP contribution in [0.25, 0.3) is 0 Å². The van der Waals surface area contributed by atoms with Crippen molar-refractivity contribution in [3.05, 3.63) is 35.9 Å². The first kappa shape index (κ1) is 20.9. The molecule has 1 aromatic rings. The normalized spacial score (nSPS) is 19.7. The highest BCUT2D eigenvalue weighted by Crippen LogP contribution is 2.14. The van der Waals surface area contributed by atoms with Crippen LogP contribution in [0.1, 0.15) is 38.1 Å². The highest BCUT2D eigenvalue weighted by molar-refractivity contribution is 5.94. The molecule has 2 atom stereocenters. The molecular formula is C21H34N2O3. The van der Waals surface area contributed by atoms with E-state index in [4.69, 9.17) is 4.74 Å². The zero-order valence-electron chi connectivity index (χ0n) is 16.6. The number of hydrogen-bond acceptors (Lipinski definition) is 4. The molecule has 1 aliphatic rings. The minimum Gasteiger partial charge on any atom is -0.392 e. The van der Waals surface area contributed by atoms with Gasteiger partial charge in [0.25, 0.3) is 5.91 Å². The molecule has 1 aromatic carbocycles. The van der Waals surface area contributed by atoms with Crippen molar-refractivity contribution in [3.8, 4) is 0 Å². The predicted octanol–water partition coefficient (Wildman–Crippen LogP) is 2.50. The lowest BCUT2D eigenvalue weighted by Gasteiger charge is -2.37. The van der Waals surface area contributed by atoms with Crippen LogP contribution >= 0.6 is 0 Å². The van der Waals surface area contributed by atoms with Crippen molar-refractivity contribution in [2.24, 2.45) is 11.8 Å². The minimum absolute atomic E-state index is 0.0190. The van der Waals surface area contributed by atoms with E-state index in [9.17, 15) is 9.90 Å². The summed E-state index contributed by atoms with van der Waals surface area (Å²) in [4.78, 5) is 17.1. The quantitative estimate of drug-likeness (QED) is 0.772. The van der Waals surface area contributed by atoms with Gasteiger partial charge in [0.2, 0.25) is 0 Å². The number of β-amino-alcohol motifs (C(OH)–C–C–N with tert-alkyl or cyclic N) is 1. The van der Waals surface area contributed by atoms with Crippen molar-refractivity contribution in [1.29, 1.82) is 0 Å². The van der Waals surface area contributed by atoms with Crippen LogP contribution in [0.5, 0.6) is 0 Å². The molecule has 0 spiro atoms. The molecule has 1 heterocycles. The Bertz CT molecular complexity index is 547. The van der Waals surface area contributed by atoms with Crippen molar-refractivity contribution in [1.82, 2.24) is 9.80 Å². The molecule has 1 fully saturated rings.